The fourth-order valence-corrected chi connectivity index (χ4v) is 2.49. The van der Waals surface area contributed by atoms with Crippen molar-refractivity contribution in [3.05, 3.63) is 28.8 Å². The normalized spacial score (nSPS) is 11.8. The first kappa shape index (κ1) is 18.4. The van der Waals surface area contributed by atoms with Gasteiger partial charge in [-0.2, -0.15) is 11.8 Å². The third-order valence-corrected chi connectivity index (χ3v) is 4.01. The lowest BCUT2D eigenvalue weighted by molar-refractivity contribution is -0.142. The highest BCUT2D eigenvalue weighted by atomic mass is 32.2. The van der Waals surface area contributed by atoms with Crippen LogP contribution in [0.4, 0.5) is 0 Å². The van der Waals surface area contributed by atoms with E-state index in [4.69, 9.17) is 9.84 Å². The molecule has 0 unspecified atom stereocenters. The summed E-state index contributed by atoms with van der Waals surface area (Å²) in [6.07, 6.45) is 2.29. The van der Waals surface area contributed by atoms with Gasteiger partial charge in [0.25, 0.3) is 5.91 Å². The van der Waals surface area contributed by atoms with E-state index >= 15 is 0 Å². The predicted molar refractivity (Wildman–Crippen MR) is 88.7 cm³/mol. The fraction of sp³-hybridized carbons (Fsp3) is 0.500. The molecule has 1 aromatic carbocycles. The number of carbonyl (C=O) groups excluding carboxylic acids is 1. The molecule has 122 valence electrons. The molecule has 0 aliphatic rings. The Labute approximate surface area is 135 Å². The molecule has 0 fully saturated rings. The van der Waals surface area contributed by atoms with Crippen molar-refractivity contribution in [2.75, 3.05) is 18.6 Å². The van der Waals surface area contributed by atoms with Crippen molar-refractivity contribution in [1.82, 2.24) is 5.32 Å². The molecule has 2 N–H and O–H groups in total. The molecule has 0 spiro atoms. The second-order valence-electron chi connectivity index (χ2n) is 5.23. The Morgan fingerprint density at radius 2 is 2.00 bits per heavy atom. The molecule has 0 saturated carbocycles. The molecule has 0 bridgehead atoms. The first-order chi connectivity index (χ1) is 10.3. The number of amides is 1. The van der Waals surface area contributed by atoms with Gasteiger partial charge in [-0.25, -0.2) is 4.79 Å². The number of ether oxygens (including phenoxy) is 1. The largest absolute Gasteiger partial charge is 0.483 e. The molecular weight excluding hydrogens is 302 g/mol. The first-order valence-electron chi connectivity index (χ1n) is 7.07. The van der Waals surface area contributed by atoms with Gasteiger partial charge in [-0.05, 0) is 62.0 Å². The minimum absolute atomic E-state index is 0.188. The summed E-state index contributed by atoms with van der Waals surface area (Å²) in [5.74, 6) is -0.116. The lowest BCUT2D eigenvalue weighted by Gasteiger charge is -2.15. The molecule has 1 atom stereocenters. The van der Waals surface area contributed by atoms with Gasteiger partial charge in [0, 0.05) is 0 Å². The van der Waals surface area contributed by atoms with Gasteiger partial charge in [0.05, 0.1) is 0 Å². The summed E-state index contributed by atoms with van der Waals surface area (Å²) in [6, 6.07) is 3.05. The smallest absolute Gasteiger partial charge is 0.326 e. The highest BCUT2D eigenvalue weighted by Gasteiger charge is 2.19. The molecule has 6 heteroatoms. The number of carboxylic acid groups (broad SMARTS) is 1. The number of carbonyl (C=O) groups is 2. The monoisotopic (exact) mass is 325 g/mol. The molecule has 0 aliphatic carbocycles. The van der Waals surface area contributed by atoms with Crippen LogP contribution in [0.3, 0.4) is 0 Å². The summed E-state index contributed by atoms with van der Waals surface area (Å²) in [5.41, 5.74) is 3.14. The average Bonchev–Trinajstić information content (AvgIpc) is 2.45. The van der Waals surface area contributed by atoms with E-state index in [0.717, 1.165) is 16.7 Å². The Bertz CT molecular complexity index is 545. The van der Waals surface area contributed by atoms with Crippen molar-refractivity contribution in [2.24, 2.45) is 0 Å². The van der Waals surface area contributed by atoms with Gasteiger partial charge < -0.3 is 15.2 Å². The summed E-state index contributed by atoms with van der Waals surface area (Å²) in [7, 11) is 0. The molecule has 1 rings (SSSR count). The van der Waals surface area contributed by atoms with Crippen LogP contribution in [0.1, 0.15) is 23.1 Å². The quantitative estimate of drug-likeness (QED) is 0.767. The molecule has 5 nitrogen and oxygen atoms in total. The van der Waals surface area contributed by atoms with Crippen molar-refractivity contribution in [3.8, 4) is 5.75 Å². The molecule has 1 amide bonds. The van der Waals surface area contributed by atoms with E-state index in [1.54, 1.807) is 11.8 Å². The van der Waals surface area contributed by atoms with Crippen LogP contribution in [0.15, 0.2) is 12.1 Å². The highest BCUT2D eigenvalue weighted by molar-refractivity contribution is 7.98. The maximum absolute atomic E-state index is 11.9. The summed E-state index contributed by atoms with van der Waals surface area (Å²) in [6.45, 7) is 5.69. The maximum Gasteiger partial charge on any atom is 0.326 e. The van der Waals surface area contributed by atoms with E-state index in [9.17, 15) is 9.59 Å². The molecular formula is C16H23NO4S. The molecule has 0 aromatic heterocycles. The topological polar surface area (TPSA) is 75.6 Å². The van der Waals surface area contributed by atoms with Crippen LogP contribution in [-0.4, -0.2) is 41.6 Å². The Morgan fingerprint density at radius 1 is 1.32 bits per heavy atom. The van der Waals surface area contributed by atoms with Gasteiger partial charge in [-0.1, -0.05) is 6.07 Å². The number of aliphatic carboxylic acids is 1. The van der Waals surface area contributed by atoms with Crippen molar-refractivity contribution in [3.63, 3.8) is 0 Å². The zero-order chi connectivity index (χ0) is 16.7. The van der Waals surface area contributed by atoms with Crippen LogP contribution < -0.4 is 10.1 Å². The zero-order valence-corrected chi connectivity index (χ0v) is 14.3. The van der Waals surface area contributed by atoms with Gasteiger partial charge in [0.1, 0.15) is 11.8 Å². The Hall–Kier alpha value is -1.69. The Morgan fingerprint density at radius 3 is 2.59 bits per heavy atom. The number of thioether (sulfide) groups is 1. The minimum Gasteiger partial charge on any atom is -0.483 e. The van der Waals surface area contributed by atoms with Crippen LogP contribution in [0.5, 0.6) is 5.75 Å². The molecule has 22 heavy (non-hydrogen) atoms. The lowest BCUT2D eigenvalue weighted by Crippen LogP contribution is -2.43. The lowest BCUT2D eigenvalue weighted by atomic mass is 10.1. The molecule has 0 saturated heterocycles. The second-order valence-corrected chi connectivity index (χ2v) is 6.22. The number of hydrogen-bond acceptors (Lipinski definition) is 4. The van der Waals surface area contributed by atoms with Gasteiger partial charge in [0.2, 0.25) is 0 Å². The molecule has 0 aliphatic heterocycles. The third kappa shape index (κ3) is 5.60. The predicted octanol–water partition coefficient (Wildman–Crippen LogP) is 2.31. The zero-order valence-electron chi connectivity index (χ0n) is 13.4. The van der Waals surface area contributed by atoms with Crippen LogP contribution >= 0.6 is 11.8 Å². The Kier molecular flexibility index (Phi) is 7.24. The second kappa shape index (κ2) is 8.68. The molecule has 0 radical (unpaired) electrons. The average molecular weight is 325 g/mol. The van der Waals surface area contributed by atoms with Crippen LogP contribution in [0.25, 0.3) is 0 Å². The SMILES string of the molecule is CSCC[C@H](NC(=O)COc1cc(C)cc(C)c1C)C(=O)O. The summed E-state index contributed by atoms with van der Waals surface area (Å²) >= 11 is 1.54. The maximum atomic E-state index is 11.9. The van der Waals surface area contributed by atoms with Crippen LogP contribution in [0.2, 0.25) is 0 Å². The van der Waals surface area contributed by atoms with Crippen LogP contribution in [0, 0.1) is 20.8 Å². The summed E-state index contributed by atoms with van der Waals surface area (Å²) < 4.78 is 5.54. The highest BCUT2D eigenvalue weighted by Crippen LogP contribution is 2.23. The van der Waals surface area contributed by atoms with E-state index in [0.29, 0.717) is 17.9 Å². The number of benzene rings is 1. The van der Waals surface area contributed by atoms with Gasteiger partial charge >= 0.3 is 5.97 Å². The minimum atomic E-state index is -1.02. The third-order valence-electron chi connectivity index (χ3n) is 3.37. The Balaban J connectivity index is 2.60. The van der Waals surface area contributed by atoms with Crippen LogP contribution in [-0.2, 0) is 9.59 Å². The number of aryl methyl sites for hydroxylation is 2. The van der Waals surface area contributed by atoms with Gasteiger partial charge in [0.15, 0.2) is 6.61 Å². The number of carboxylic acids is 1. The molecule has 1 aromatic rings. The standard InChI is InChI=1S/C16H23NO4S/c1-10-7-11(2)12(3)14(8-10)21-9-15(18)17-13(16(19)20)5-6-22-4/h7-8,13H,5-6,9H2,1-4H3,(H,17,18)(H,19,20)/t13-/m0/s1. The first-order valence-corrected chi connectivity index (χ1v) is 8.46. The van der Waals surface area contributed by atoms with E-state index in [2.05, 4.69) is 5.32 Å². The van der Waals surface area contributed by atoms with Crippen molar-refractivity contribution in [2.45, 2.75) is 33.2 Å². The summed E-state index contributed by atoms with van der Waals surface area (Å²) in [4.78, 5) is 23.0. The summed E-state index contributed by atoms with van der Waals surface area (Å²) in [5, 5.41) is 11.6. The number of nitrogens with one attached hydrogen (secondary N) is 1. The van der Waals surface area contributed by atoms with E-state index in [-0.39, 0.29) is 6.61 Å². The number of hydrogen-bond donors (Lipinski definition) is 2. The van der Waals surface area contributed by atoms with Crippen molar-refractivity contribution >= 4 is 23.6 Å². The van der Waals surface area contributed by atoms with E-state index < -0.39 is 17.9 Å². The van der Waals surface area contributed by atoms with Crippen molar-refractivity contribution in [1.29, 1.82) is 0 Å². The molecule has 0 heterocycles. The van der Waals surface area contributed by atoms with E-state index in [1.807, 2.05) is 39.2 Å². The number of rotatable bonds is 8. The van der Waals surface area contributed by atoms with Gasteiger partial charge in [-0.15, -0.1) is 0 Å². The van der Waals surface area contributed by atoms with Crippen molar-refractivity contribution < 1.29 is 19.4 Å². The fourth-order valence-electron chi connectivity index (χ4n) is 2.02. The van der Waals surface area contributed by atoms with Gasteiger partial charge in [-0.3, -0.25) is 4.79 Å². The van der Waals surface area contributed by atoms with E-state index in [1.165, 1.54) is 0 Å².